The molecule has 0 bridgehead atoms. The SMILES string of the molecule is O=C(NC(=S)Nc1cccc(-c2nc3ccccc3o2)c1)c1cccc([N+](=O)[O-])c1. The summed E-state index contributed by atoms with van der Waals surface area (Å²) < 4.78 is 5.77. The maximum absolute atomic E-state index is 12.3. The summed E-state index contributed by atoms with van der Waals surface area (Å²) in [6.07, 6.45) is 0. The van der Waals surface area contributed by atoms with Gasteiger partial charge in [-0.3, -0.25) is 20.2 Å². The molecule has 0 atom stereocenters. The standard InChI is InChI=1S/C21H14N4O4S/c26-19(13-5-4-8-16(12-13)25(27)28)24-21(30)22-15-7-3-6-14(11-15)20-23-17-9-1-2-10-18(17)29-20/h1-12H,(H2,22,24,26,30). The first-order valence-corrected chi connectivity index (χ1v) is 9.23. The zero-order valence-electron chi connectivity index (χ0n) is 15.4. The van der Waals surface area contributed by atoms with Crippen LogP contribution < -0.4 is 10.6 Å². The maximum atomic E-state index is 12.3. The number of non-ortho nitro benzene ring substituents is 1. The van der Waals surface area contributed by atoms with Gasteiger partial charge in [-0.05, 0) is 48.6 Å². The molecule has 0 aliphatic carbocycles. The van der Waals surface area contributed by atoms with E-state index in [4.69, 9.17) is 16.6 Å². The van der Waals surface area contributed by atoms with Gasteiger partial charge in [0.1, 0.15) is 5.52 Å². The lowest BCUT2D eigenvalue weighted by molar-refractivity contribution is -0.384. The zero-order chi connectivity index (χ0) is 21.1. The topological polar surface area (TPSA) is 110 Å². The number of nitrogens with one attached hydrogen (secondary N) is 2. The number of rotatable bonds is 4. The molecule has 3 aromatic carbocycles. The number of benzene rings is 3. The van der Waals surface area contributed by atoms with Crippen molar-refractivity contribution in [1.82, 2.24) is 10.3 Å². The zero-order valence-corrected chi connectivity index (χ0v) is 16.2. The molecule has 4 aromatic rings. The van der Waals surface area contributed by atoms with Gasteiger partial charge < -0.3 is 9.73 Å². The quantitative estimate of drug-likeness (QED) is 0.285. The van der Waals surface area contributed by atoms with Gasteiger partial charge >= 0.3 is 0 Å². The highest BCUT2D eigenvalue weighted by Gasteiger charge is 2.13. The van der Waals surface area contributed by atoms with Crippen LogP contribution in [0.5, 0.6) is 0 Å². The molecule has 0 saturated carbocycles. The Morgan fingerprint density at radius 1 is 1.03 bits per heavy atom. The van der Waals surface area contributed by atoms with Crippen molar-refractivity contribution >= 4 is 45.7 Å². The number of aromatic nitrogens is 1. The third-order valence-electron chi connectivity index (χ3n) is 4.21. The minimum absolute atomic E-state index is 0.0567. The van der Waals surface area contributed by atoms with E-state index in [0.717, 1.165) is 11.1 Å². The first-order valence-electron chi connectivity index (χ1n) is 8.82. The fraction of sp³-hybridized carbons (Fsp3) is 0. The summed E-state index contributed by atoms with van der Waals surface area (Å²) in [7, 11) is 0. The molecule has 1 amide bonds. The summed E-state index contributed by atoms with van der Waals surface area (Å²) in [5.41, 5.74) is 2.76. The Balaban J connectivity index is 1.47. The third-order valence-corrected chi connectivity index (χ3v) is 4.41. The number of fused-ring (bicyclic) bond motifs is 1. The lowest BCUT2D eigenvalue weighted by Gasteiger charge is -2.10. The van der Waals surface area contributed by atoms with Crippen LogP contribution in [0.25, 0.3) is 22.6 Å². The summed E-state index contributed by atoms with van der Waals surface area (Å²) in [5, 5.41) is 16.4. The number of carbonyl (C=O) groups excluding carboxylic acids is 1. The maximum Gasteiger partial charge on any atom is 0.270 e. The number of nitrogens with zero attached hydrogens (tertiary/aromatic N) is 2. The van der Waals surface area contributed by atoms with Crippen molar-refractivity contribution in [3.63, 3.8) is 0 Å². The average molecular weight is 418 g/mol. The van der Waals surface area contributed by atoms with Crippen LogP contribution in [0.15, 0.2) is 77.2 Å². The van der Waals surface area contributed by atoms with E-state index < -0.39 is 10.8 Å². The molecule has 1 heterocycles. The van der Waals surface area contributed by atoms with Crippen molar-refractivity contribution in [3.05, 3.63) is 88.5 Å². The van der Waals surface area contributed by atoms with E-state index in [0.29, 0.717) is 17.2 Å². The summed E-state index contributed by atoms with van der Waals surface area (Å²) >= 11 is 5.19. The van der Waals surface area contributed by atoms with Crippen LogP contribution in [0.3, 0.4) is 0 Å². The van der Waals surface area contributed by atoms with Crippen molar-refractivity contribution < 1.29 is 14.1 Å². The second-order valence-electron chi connectivity index (χ2n) is 6.28. The highest BCUT2D eigenvalue weighted by atomic mass is 32.1. The number of nitro groups is 1. The van der Waals surface area contributed by atoms with E-state index in [1.165, 1.54) is 24.3 Å². The minimum Gasteiger partial charge on any atom is -0.436 e. The van der Waals surface area contributed by atoms with Gasteiger partial charge in [-0.25, -0.2) is 4.98 Å². The Kier molecular flexibility index (Phi) is 5.19. The van der Waals surface area contributed by atoms with Gasteiger partial charge in [0, 0.05) is 28.9 Å². The molecule has 0 radical (unpaired) electrons. The predicted octanol–water partition coefficient (Wildman–Crippen LogP) is 4.53. The van der Waals surface area contributed by atoms with Gasteiger partial charge in [0.15, 0.2) is 10.7 Å². The van der Waals surface area contributed by atoms with E-state index in [1.807, 2.05) is 30.3 Å². The fourth-order valence-electron chi connectivity index (χ4n) is 2.82. The normalized spacial score (nSPS) is 10.5. The third kappa shape index (κ3) is 4.15. The average Bonchev–Trinajstić information content (AvgIpc) is 3.18. The summed E-state index contributed by atoms with van der Waals surface area (Å²) in [6, 6.07) is 20.1. The van der Waals surface area contributed by atoms with E-state index in [1.54, 1.807) is 18.2 Å². The van der Waals surface area contributed by atoms with Gasteiger partial charge in [0.2, 0.25) is 5.89 Å². The number of carbonyl (C=O) groups is 1. The Bertz CT molecular complexity index is 1250. The van der Waals surface area contributed by atoms with Crippen LogP contribution in [-0.4, -0.2) is 20.9 Å². The predicted molar refractivity (Wildman–Crippen MR) is 116 cm³/mol. The molecule has 0 aliphatic rings. The highest BCUT2D eigenvalue weighted by molar-refractivity contribution is 7.80. The highest BCUT2D eigenvalue weighted by Crippen LogP contribution is 2.26. The van der Waals surface area contributed by atoms with Gasteiger partial charge in [-0.15, -0.1) is 0 Å². The molecule has 0 spiro atoms. The van der Waals surface area contributed by atoms with Gasteiger partial charge in [-0.2, -0.15) is 0 Å². The van der Waals surface area contributed by atoms with Crippen LogP contribution in [-0.2, 0) is 0 Å². The second kappa shape index (κ2) is 8.10. The fourth-order valence-corrected chi connectivity index (χ4v) is 3.03. The number of thiocarbonyl (C=S) groups is 1. The monoisotopic (exact) mass is 418 g/mol. The van der Waals surface area contributed by atoms with Gasteiger partial charge in [-0.1, -0.05) is 24.3 Å². The largest absolute Gasteiger partial charge is 0.436 e. The molecule has 8 nitrogen and oxygen atoms in total. The molecular formula is C21H14N4O4S. The molecule has 0 aliphatic heterocycles. The molecule has 9 heteroatoms. The molecule has 0 saturated heterocycles. The molecule has 0 fully saturated rings. The Morgan fingerprint density at radius 2 is 1.83 bits per heavy atom. The van der Waals surface area contributed by atoms with Crippen molar-refractivity contribution in [1.29, 1.82) is 0 Å². The number of hydrogen-bond acceptors (Lipinski definition) is 6. The van der Waals surface area contributed by atoms with Crippen molar-refractivity contribution in [2.45, 2.75) is 0 Å². The minimum atomic E-state index is -0.565. The van der Waals surface area contributed by atoms with Crippen molar-refractivity contribution in [2.24, 2.45) is 0 Å². The number of anilines is 1. The van der Waals surface area contributed by atoms with Crippen molar-refractivity contribution in [2.75, 3.05) is 5.32 Å². The smallest absolute Gasteiger partial charge is 0.270 e. The lowest BCUT2D eigenvalue weighted by atomic mass is 10.2. The Morgan fingerprint density at radius 3 is 2.63 bits per heavy atom. The van der Waals surface area contributed by atoms with Gasteiger partial charge in [0.05, 0.1) is 4.92 Å². The number of hydrogen-bond donors (Lipinski definition) is 2. The molecule has 4 rings (SSSR count). The molecule has 1 aromatic heterocycles. The first kappa shape index (κ1) is 19.2. The number of oxazole rings is 1. The van der Waals surface area contributed by atoms with Crippen LogP contribution >= 0.6 is 12.2 Å². The molecule has 0 unspecified atom stereocenters. The van der Waals surface area contributed by atoms with E-state index in [-0.39, 0.29) is 16.4 Å². The Hall–Kier alpha value is -4.11. The molecule has 2 N–H and O–H groups in total. The summed E-state index contributed by atoms with van der Waals surface area (Å²) in [6.45, 7) is 0. The van der Waals surface area contributed by atoms with E-state index >= 15 is 0 Å². The molecular weight excluding hydrogens is 404 g/mol. The van der Waals surface area contributed by atoms with E-state index in [9.17, 15) is 14.9 Å². The van der Waals surface area contributed by atoms with Crippen LogP contribution in [0.1, 0.15) is 10.4 Å². The second-order valence-corrected chi connectivity index (χ2v) is 6.69. The first-order chi connectivity index (χ1) is 14.5. The number of nitro benzene ring substituents is 1. The van der Waals surface area contributed by atoms with Crippen LogP contribution in [0.4, 0.5) is 11.4 Å². The molecule has 30 heavy (non-hydrogen) atoms. The van der Waals surface area contributed by atoms with Crippen molar-refractivity contribution in [3.8, 4) is 11.5 Å². The number of amides is 1. The lowest BCUT2D eigenvalue weighted by Crippen LogP contribution is -2.34. The molecule has 148 valence electrons. The Labute approximate surface area is 175 Å². The van der Waals surface area contributed by atoms with Crippen LogP contribution in [0.2, 0.25) is 0 Å². The van der Waals surface area contributed by atoms with E-state index in [2.05, 4.69) is 15.6 Å². The summed E-state index contributed by atoms with van der Waals surface area (Å²) in [4.78, 5) is 27.1. The summed E-state index contributed by atoms with van der Waals surface area (Å²) in [5.74, 6) is -0.0855. The number of para-hydroxylation sites is 2. The van der Waals surface area contributed by atoms with Crippen LogP contribution in [0, 0.1) is 10.1 Å². The van der Waals surface area contributed by atoms with Gasteiger partial charge in [0.25, 0.3) is 11.6 Å².